The smallest absolute Gasteiger partial charge is 0.244 e. The lowest BCUT2D eigenvalue weighted by molar-refractivity contribution is -0.132. The van der Waals surface area contributed by atoms with E-state index < -0.39 is 0 Å². The molecule has 0 atom stereocenters. The van der Waals surface area contributed by atoms with Crippen LogP contribution in [-0.4, -0.2) is 33.7 Å². The molecule has 2 aromatic rings. The summed E-state index contributed by atoms with van der Waals surface area (Å²) in [6, 6.07) is 7.99. The first kappa shape index (κ1) is 11.3. The van der Waals surface area contributed by atoms with E-state index in [0.717, 1.165) is 36.8 Å². The van der Waals surface area contributed by atoms with Gasteiger partial charge in [-0.15, -0.1) is 0 Å². The lowest BCUT2D eigenvalue weighted by atomic mass is 10.1. The summed E-state index contributed by atoms with van der Waals surface area (Å²) in [5.74, 6) is 0.184. The monoisotopic (exact) mass is 243 g/mol. The second-order valence-electron chi connectivity index (χ2n) is 4.80. The summed E-state index contributed by atoms with van der Waals surface area (Å²) < 4.78 is 1.80. The average Bonchev–Trinajstić information content (AvgIpc) is 2.83. The fourth-order valence-electron chi connectivity index (χ4n) is 2.52. The van der Waals surface area contributed by atoms with Crippen LogP contribution in [0.4, 0.5) is 0 Å². The summed E-state index contributed by atoms with van der Waals surface area (Å²) in [4.78, 5) is 14.1. The molecule has 94 valence electrons. The van der Waals surface area contributed by atoms with Gasteiger partial charge in [0.1, 0.15) is 6.54 Å². The first-order chi connectivity index (χ1) is 8.84. The van der Waals surface area contributed by atoms with E-state index in [4.69, 9.17) is 0 Å². The predicted octanol–water partition coefficient (Wildman–Crippen LogP) is 2.05. The molecule has 4 nitrogen and oxygen atoms in total. The number of piperidine rings is 1. The third-order valence-electron chi connectivity index (χ3n) is 3.54. The van der Waals surface area contributed by atoms with E-state index in [-0.39, 0.29) is 5.91 Å². The molecule has 3 rings (SSSR count). The van der Waals surface area contributed by atoms with E-state index in [2.05, 4.69) is 5.10 Å². The topological polar surface area (TPSA) is 38.1 Å². The molecule has 0 aliphatic carbocycles. The average molecular weight is 243 g/mol. The molecule has 0 unspecified atom stereocenters. The maximum atomic E-state index is 12.2. The SMILES string of the molecule is O=C(Cn1ncc2ccccc21)N1CCCCC1. The van der Waals surface area contributed by atoms with Crippen molar-refractivity contribution in [1.82, 2.24) is 14.7 Å². The van der Waals surface area contributed by atoms with E-state index in [0.29, 0.717) is 6.54 Å². The van der Waals surface area contributed by atoms with Gasteiger partial charge < -0.3 is 4.90 Å². The lowest BCUT2D eigenvalue weighted by Crippen LogP contribution is -2.37. The third kappa shape index (κ3) is 2.10. The number of aromatic nitrogens is 2. The quantitative estimate of drug-likeness (QED) is 0.809. The Labute approximate surface area is 106 Å². The summed E-state index contributed by atoms with van der Waals surface area (Å²) in [7, 11) is 0. The van der Waals surface area contributed by atoms with Crippen LogP contribution < -0.4 is 0 Å². The van der Waals surface area contributed by atoms with Gasteiger partial charge in [-0.25, -0.2) is 0 Å². The van der Waals surface area contributed by atoms with Gasteiger partial charge in [0, 0.05) is 18.5 Å². The molecular formula is C14H17N3O. The largest absolute Gasteiger partial charge is 0.341 e. The van der Waals surface area contributed by atoms with Crippen LogP contribution in [0.25, 0.3) is 10.9 Å². The number of carbonyl (C=O) groups excluding carboxylic acids is 1. The number of carbonyl (C=O) groups is 1. The second kappa shape index (κ2) is 4.80. The molecule has 1 saturated heterocycles. The van der Waals surface area contributed by atoms with Crippen molar-refractivity contribution in [3.05, 3.63) is 30.5 Å². The van der Waals surface area contributed by atoms with Gasteiger partial charge in [-0.05, 0) is 25.3 Å². The number of hydrogen-bond donors (Lipinski definition) is 0. The third-order valence-corrected chi connectivity index (χ3v) is 3.54. The Morgan fingerprint density at radius 3 is 2.78 bits per heavy atom. The summed E-state index contributed by atoms with van der Waals surface area (Å²) in [5, 5.41) is 5.39. The Hall–Kier alpha value is -1.84. The highest BCUT2D eigenvalue weighted by Gasteiger charge is 2.17. The van der Waals surface area contributed by atoms with Crippen molar-refractivity contribution in [1.29, 1.82) is 0 Å². The molecule has 0 N–H and O–H groups in total. The van der Waals surface area contributed by atoms with E-state index in [9.17, 15) is 4.79 Å². The predicted molar refractivity (Wildman–Crippen MR) is 70.2 cm³/mol. The fraction of sp³-hybridized carbons (Fsp3) is 0.429. The molecule has 4 heteroatoms. The van der Waals surface area contributed by atoms with Crippen LogP contribution >= 0.6 is 0 Å². The van der Waals surface area contributed by atoms with Crippen LogP contribution in [0.5, 0.6) is 0 Å². The molecule has 2 heterocycles. The van der Waals surface area contributed by atoms with Crippen LogP contribution in [0.2, 0.25) is 0 Å². The minimum atomic E-state index is 0.184. The molecule has 0 saturated carbocycles. The number of nitrogens with zero attached hydrogens (tertiary/aromatic N) is 3. The zero-order valence-corrected chi connectivity index (χ0v) is 10.4. The van der Waals surface area contributed by atoms with Crippen molar-refractivity contribution in [2.75, 3.05) is 13.1 Å². The van der Waals surface area contributed by atoms with Crippen molar-refractivity contribution >= 4 is 16.8 Å². The maximum absolute atomic E-state index is 12.2. The number of para-hydroxylation sites is 1. The highest BCUT2D eigenvalue weighted by molar-refractivity contribution is 5.82. The highest BCUT2D eigenvalue weighted by atomic mass is 16.2. The number of benzene rings is 1. The van der Waals surface area contributed by atoms with Crippen LogP contribution in [0.3, 0.4) is 0 Å². The molecule has 1 aliphatic heterocycles. The number of rotatable bonds is 2. The Bertz CT molecular complexity index is 555. The van der Waals surface area contributed by atoms with E-state index in [1.807, 2.05) is 35.4 Å². The van der Waals surface area contributed by atoms with E-state index >= 15 is 0 Å². The van der Waals surface area contributed by atoms with E-state index in [1.165, 1.54) is 6.42 Å². The summed E-state index contributed by atoms with van der Waals surface area (Å²) >= 11 is 0. The van der Waals surface area contributed by atoms with Gasteiger partial charge in [-0.2, -0.15) is 5.10 Å². The minimum Gasteiger partial charge on any atom is -0.341 e. The second-order valence-corrected chi connectivity index (χ2v) is 4.80. The molecule has 0 spiro atoms. The molecule has 1 aliphatic rings. The molecule has 1 aromatic heterocycles. The molecule has 1 aromatic carbocycles. The first-order valence-corrected chi connectivity index (χ1v) is 6.53. The fourth-order valence-corrected chi connectivity index (χ4v) is 2.52. The van der Waals surface area contributed by atoms with Crippen LogP contribution in [0.1, 0.15) is 19.3 Å². The van der Waals surface area contributed by atoms with Gasteiger partial charge in [0.05, 0.1) is 11.7 Å². The van der Waals surface area contributed by atoms with Gasteiger partial charge in [0.2, 0.25) is 5.91 Å². The number of hydrogen-bond acceptors (Lipinski definition) is 2. The van der Waals surface area contributed by atoms with Crippen LogP contribution in [0.15, 0.2) is 30.5 Å². The van der Waals surface area contributed by atoms with Crippen LogP contribution in [-0.2, 0) is 11.3 Å². The minimum absolute atomic E-state index is 0.184. The van der Waals surface area contributed by atoms with Gasteiger partial charge in [0.15, 0.2) is 0 Å². The molecule has 1 fully saturated rings. The molecule has 18 heavy (non-hydrogen) atoms. The van der Waals surface area contributed by atoms with E-state index in [1.54, 1.807) is 4.68 Å². The number of fused-ring (bicyclic) bond motifs is 1. The van der Waals surface area contributed by atoms with Crippen molar-refractivity contribution in [2.45, 2.75) is 25.8 Å². The zero-order chi connectivity index (χ0) is 12.4. The van der Waals surface area contributed by atoms with Gasteiger partial charge in [-0.1, -0.05) is 18.2 Å². The van der Waals surface area contributed by atoms with Gasteiger partial charge in [-0.3, -0.25) is 9.48 Å². The van der Waals surface area contributed by atoms with Crippen molar-refractivity contribution in [3.63, 3.8) is 0 Å². The zero-order valence-electron chi connectivity index (χ0n) is 10.4. The maximum Gasteiger partial charge on any atom is 0.244 e. The van der Waals surface area contributed by atoms with Crippen molar-refractivity contribution < 1.29 is 4.79 Å². The molecule has 0 radical (unpaired) electrons. The molecule has 0 bridgehead atoms. The Morgan fingerprint density at radius 1 is 1.17 bits per heavy atom. The number of amides is 1. The molecule has 1 amide bonds. The van der Waals surface area contributed by atoms with Gasteiger partial charge >= 0.3 is 0 Å². The summed E-state index contributed by atoms with van der Waals surface area (Å²) in [6.07, 6.45) is 5.32. The van der Waals surface area contributed by atoms with Crippen molar-refractivity contribution in [2.24, 2.45) is 0 Å². The van der Waals surface area contributed by atoms with Crippen LogP contribution in [0, 0.1) is 0 Å². The Kier molecular flexibility index (Phi) is 3.00. The first-order valence-electron chi connectivity index (χ1n) is 6.53. The number of likely N-dealkylation sites (tertiary alicyclic amines) is 1. The normalized spacial score (nSPS) is 16.1. The van der Waals surface area contributed by atoms with Crippen molar-refractivity contribution in [3.8, 4) is 0 Å². The highest BCUT2D eigenvalue weighted by Crippen LogP contribution is 2.14. The summed E-state index contributed by atoms with van der Waals surface area (Å²) in [5.41, 5.74) is 1.03. The Morgan fingerprint density at radius 2 is 1.94 bits per heavy atom. The standard InChI is InChI=1S/C14H17N3O/c18-14(16-8-4-1-5-9-16)11-17-13-7-3-2-6-12(13)10-15-17/h2-3,6-7,10H,1,4-5,8-9,11H2. The lowest BCUT2D eigenvalue weighted by Gasteiger charge is -2.26. The Balaban J connectivity index is 1.77. The van der Waals surface area contributed by atoms with Gasteiger partial charge in [0.25, 0.3) is 0 Å². The summed E-state index contributed by atoms with van der Waals surface area (Å²) in [6.45, 7) is 2.16. The molecular weight excluding hydrogens is 226 g/mol.